The van der Waals surface area contributed by atoms with Gasteiger partial charge in [-0.15, -0.1) is 34.0 Å². The van der Waals surface area contributed by atoms with E-state index >= 15 is 0 Å². The Morgan fingerprint density at radius 3 is 1.44 bits per heavy atom. The summed E-state index contributed by atoms with van der Waals surface area (Å²) >= 11 is 10.5. The summed E-state index contributed by atoms with van der Waals surface area (Å²) in [5.41, 5.74) is 17.7. The van der Waals surface area contributed by atoms with Crippen molar-refractivity contribution in [1.29, 1.82) is 0 Å². The van der Waals surface area contributed by atoms with Crippen LogP contribution < -0.4 is 53.7 Å². The first-order valence-electron chi connectivity index (χ1n) is 34.8. The highest BCUT2D eigenvalue weighted by molar-refractivity contribution is 7.22. The van der Waals surface area contributed by atoms with Crippen LogP contribution in [0.2, 0.25) is 5.15 Å². The second kappa shape index (κ2) is 30.2. The van der Waals surface area contributed by atoms with Crippen molar-refractivity contribution in [1.82, 2.24) is 41.5 Å². The van der Waals surface area contributed by atoms with Gasteiger partial charge in [0.05, 0.1) is 56.2 Å². The standard InChI is InChI=1S/C25H22N4O2S.C22H20N4OS.C18H28BNO4.C15H12ClN3OS/c1-3-21(30)26-13-15-5-4-6-16(11-15)18-8-7-17-19(29-18)9-10-20-22(17)23-24(32-20)25(31)28-14(2)12-27-23;1-12-11-24-20-19-15-5-6-16(14-4-2-3-13(9-14)10-23)26-17(15)7-8-18(19)28-21(20)22(27)25-12;1-16(2,3)22-15(21)20-12-13-9-8-10-14(11-13)19-23-17(4,5)18(6,7)24-19;1-7-6-17-13-12-8-2-5-11(16)19-9(8)3-4-10(12)21-14(13)15(20)18-7/h3-11,14,27H,1,12-13H2,2H3,(H,26,30)(H,28,31);2-9,12,24H,10-11,23H2,1H3,(H,25,27);8-11H,12H2,1-7H3,(H,20,21);2-5,7,17H,6H2,1H3,(H,18,20)/t14-;12-;;7-/m11.1/s1. The first kappa shape index (κ1) is 73.3. The van der Waals surface area contributed by atoms with Crippen LogP contribution in [0.3, 0.4) is 0 Å². The summed E-state index contributed by atoms with van der Waals surface area (Å²) in [4.78, 5) is 77.0. The van der Waals surface area contributed by atoms with Crippen LogP contribution in [0.1, 0.15) is 115 Å². The van der Waals surface area contributed by atoms with Crippen LogP contribution >= 0.6 is 45.6 Å². The van der Waals surface area contributed by atoms with Gasteiger partial charge >= 0.3 is 13.2 Å². The first-order chi connectivity index (χ1) is 50.2. The molecule has 5 amide bonds. The number of nitrogens with zero attached hydrogens (tertiary/aromatic N) is 3. The Balaban J connectivity index is 0.000000126. The zero-order valence-electron chi connectivity index (χ0n) is 60.0. The summed E-state index contributed by atoms with van der Waals surface area (Å²) in [6.07, 6.45) is 0.836. The molecule has 3 atom stereocenters. The van der Waals surface area contributed by atoms with Crippen molar-refractivity contribution >= 4 is 168 Å². The Kier molecular flexibility index (Phi) is 21.1. The van der Waals surface area contributed by atoms with Crippen LogP contribution in [-0.4, -0.2) is 106 Å². The zero-order chi connectivity index (χ0) is 74.2. The van der Waals surface area contributed by atoms with Crippen LogP contribution in [0, 0.1) is 0 Å². The Morgan fingerprint density at radius 1 is 0.581 bits per heavy atom. The fraction of sp³-hybridized carbons (Fsp3) is 0.275. The molecule has 0 bridgehead atoms. The molecule has 20 nitrogen and oxygen atoms in total. The van der Waals surface area contributed by atoms with E-state index in [4.69, 9.17) is 41.3 Å². The number of halogens is 1. The lowest BCUT2D eigenvalue weighted by Gasteiger charge is -2.32. The van der Waals surface area contributed by atoms with Crippen molar-refractivity contribution in [2.45, 2.75) is 124 Å². The third kappa shape index (κ3) is 16.0. The molecule has 0 saturated carbocycles. The van der Waals surface area contributed by atoms with Crippen molar-refractivity contribution in [3.8, 4) is 22.5 Å². The molecule has 0 unspecified atom stereocenters. The Hall–Kier alpha value is -10.0. The minimum Gasteiger partial charge on any atom is -0.444 e. The predicted octanol–water partition coefficient (Wildman–Crippen LogP) is 15.2. The normalized spacial score (nSPS) is 17.2. The lowest BCUT2D eigenvalue weighted by molar-refractivity contribution is -0.116. The first-order valence-corrected chi connectivity index (χ1v) is 37.6. The smallest absolute Gasteiger partial charge is 0.444 e. The molecular weight excluding hydrogens is 1400 g/mol. The van der Waals surface area contributed by atoms with E-state index in [0.717, 1.165) is 139 Å². The molecule has 0 radical (unpaired) electrons. The number of pyridine rings is 3. The van der Waals surface area contributed by atoms with Crippen LogP contribution in [0.15, 0.2) is 158 Å². The summed E-state index contributed by atoms with van der Waals surface area (Å²) in [5.74, 6) is -0.254. The SMILES string of the molecule is C=CC(=O)NCc1cccc(-c2ccc3c(ccc4sc5c(c43)NC[C@@H](C)NC5=O)n2)c1.CC(C)(C)OC(=O)NCc1cccc(B2OC(C)(C)C(C)(C)O2)c1.C[C@@H]1CNc2c(sc3ccc4nc(-c5cccc(CN)c5)ccc4c23)C(=O)N1.C[C@@H]1CNc2c(sc3ccc4nc(Cl)ccc4c23)C(=O)N1. The number of hydrogen-bond acceptors (Lipinski definition) is 18. The number of ether oxygens (including phenoxy) is 1. The number of nitrogens with two attached hydrogens (primary N) is 1. The Labute approximate surface area is 625 Å². The molecule has 10 N–H and O–H groups in total. The molecule has 4 aliphatic rings. The van der Waals surface area contributed by atoms with Crippen molar-refractivity contribution in [3.63, 3.8) is 0 Å². The van der Waals surface area contributed by atoms with Gasteiger partial charge in [0.25, 0.3) is 17.7 Å². The maximum atomic E-state index is 12.6. The monoisotopic (exact) mass is 1480 g/mol. The molecule has 10 heterocycles. The average molecular weight is 1480 g/mol. The van der Waals surface area contributed by atoms with Gasteiger partial charge < -0.3 is 62.3 Å². The summed E-state index contributed by atoms with van der Waals surface area (Å²) in [7, 11) is -0.406. The summed E-state index contributed by atoms with van der Waals surface area (Å²) in [6.45, 7) is 26.5. The topological polar surface area (TPSA) is 274 Å². The molecule has 12 aromatic rings. The van der Waals surface area contributed by atoms with E-state index < -0.39 is 18.8 Å². The van der Waals surface area contributed by atoms with Crippen molar-refractivity contribution in [2.75, 3.05) is 35.6 Å². The van der Waals surface area contributed by atoms with Gasteiger partial charge in [0.15, 0.2) is 0 Å². The third-order valence-electron chi connectivity index (χ3n) is 18.7. The van der Waals surface area contributed by atoms with Gasteiger partial charge in [0, 0.05) is 115 Å². The van der Waals surface area contributed by atoms with Crippen molar-refractivity contribution in [2.24, 2.45) is 5.73 Å². The van der Waals surface area contributed by atoms with E-state index in [-0.39, 0.29) is 53.0 Å². The van der Waals surface area contributed by atoms with E-state index in [9.17, 15) is 24.0 Å². The van der Waals surface area contributed by atoms with Gasteiger partial charge in [0.2, 0.25) is 5.91 Å². The lowest BCUT2D eigenvalue weighted by atomic mass is 9.78. The molecule has 0 spiro atoms. The second-order valence-electron chi connectivity index (χ2n) is 28.4. The molecule has 6 aromatic carbocycles. The largest absolute Gasteiger partial charge is 0.494 e. The number of hydrogen-bond donors (Lipinski definition) is 9. The molecule has 105 heavy (non-hydrogen) atoms. The fourth-order valence-corrected chi connectivity index (χ4v) is 16.2. The number of benzene rings is 6. The highest BCUT2D eigenvalue weighted by atomic mass is 35.5. The minimum atomic E-state index is -0.505. The number of nitrogens with one attached hydrogen (secondary N) is 8. The van der Waals surface area contributed by atoms with E-state index in [2.05, 4.69) is 84.4 Å². The average Bonchev–Trinajstić information content (AvgIpc) is 1.61. The number of aromatic nitrogens is 3. The second-order valence-corrected chi connectivity index (χ2v) is 32.0. The van der Waals surface area contributed by atoms with Gasteiger partial charge in [0.1, 0.15) is 25.4 Å². The summed E-state index contributed by atoms with van der Waals surface area (Å²) in [5, 5.41) is 31.7. The molecule has 538 valence electrons. The fourth-order valence-electron chi connectivity index (χ4n) is 12.8. The highest BCUT2D eigenvalue weighted by Crippen LogP contribution is 2.45. The van der Waals surface area contributed by atoms with Gasteiger partial charge in [-0.05, 0) is 182 Å². The van der Waals surface area contributed by atoms with Gasteiger partial charge in [-0.25, -0.2) is 19.7 Å². The molecule has 25 heteroatoms. The zero-order valence-corrected chi connectivity index (χ0v) is 63.2. The molecule has 6 aromatic heterocycles. The number of thiophene rings is 3. The highest BCUT2D eigenvalue weighted by Gasteiger charge is 2.51. The Bertz CT molecular complexity index is 5400. The van der Waals surface area contributed by atoms with E-state index in [1.165, 1.54) is 40.1 Å². The number of anilines is 3. The van der Waals surface area contributed by atoms with Gasteiger partial charge in [-0.1, -0.05) is 78.8 Å². The number of amides is 5. The summed E-state index contributed by atoms with van der Waals surface area (Å²) < 4.78 is 20.6. The van der Waals surface area contributed by atoms with Gasteiger partial charge in [-0.2, -0.15) is 0 Å². The van der Waals surface area contributed by atoms with Crippen LogP contribution in [0.5, 0.6) is 0 Å². The summed E-state index contributed by atoms with van der Waals surface area (Å²) in [6, 6.07) is 48.3. The number of alkyl carbamates (subject to hydrolysis) is 1. The molecule has 0 aliphatic carbocycles. The van der Waals surface area contributed by atoms with Crippen LogP contribution in [-0.2, 0) is 38.5 Å². The molecule has 1 saturated heterocycles. The van der Waals surface area contributed by atoms with E-state index in [1.54, 1.807) is 6.07 Å². The number of carbonyl (C=O) groups excluding carboxylic acids is 5. The van der Waals surface area contributed by atoms with Crippen molar-refractivity contribution in [3.05, 3.63) is 195 Å². The lowest BCUT2D eigenvalue weighted by Crippen LogP contribution is -2.41. The van der Waals surface area contributed by atoms with Crippen LogP contribution in [0.25, 0.3) is 85.5 Å². The predicted molar refractivity (Wildman–Crippen MR) is 429 cm³/mol. The van der Waals surface area contributed by atoms with E-state index in [1.807, 2.05) is 178 Å². The van der Waals surface area contributed by atoms with E-state index in [0.29, 0.717) is 44.4 Å². The Morgan fingerprint density at radius 2 is 0.990 bits per heavy atom. The van der Waals surface area contributed by atoms with Gasteiger partial charge in [-0.3, -0.25) is 19.2 Å². The molecule has 4 aliphatic heterocycles. The quantitative estimate of drug-likeness (QED) is 0.0369. The minimum absolute atomic E-state index is 0.00923. The maximum absolute atomic E-state index is 12.6. The number of rotatable bonds is 9. The molecule has 1 fully saturated rings. The molecular formula is C80H82BClN12O8S3. The molecule has 16 rings (SSSR count). The number of fused-ring (bicyclic) bond motifs is 15. The van der Waals surface area contributed by atoms with Crippen molar-refractivity contribution < 1.29 is 38.0 Å². The third-order valence-corrected chi connectivity index (χ3v) is 22.4. The maximum Gasteiger partial charge on any atom is 0.494 e. The van der Waals surface area contributed by atoms with Crippen LogP contribution in [0.4, 0.5) is 21.9 Å². The number of carbonyl (C=O) groups is 5.